The number of alkyl halides is 2. The minimum absolute atomic E-state index is 0.0328. The summed E-state index contributed by atoms with van der Waals surface area (Å²) in [6.07, 6.45) is -0.453. The number of hydrogen-bond donors (Lipinski definition) is 2. The van der Waals surface area contributed by atoms with Gasteiger partial charge in [0.2, 0.25) is 0 Å². The van der Waals surface area contributed by atoms with Crippen LogP contribution in [-0.4, -0.2) is 99.3 Å². The van der Waals surface area contributed by atoms with Crippen LogP contribution in [0.5, 0.6) is 0 Å². The Morgan fingerprint density at radius 3 is 2.29 bits per heavy atom. The highest BCUT2D eigenvalue weighted by Crippen LogP contribution is 2.30. The molecule has 184 valence electrons. The molecule has 0 atom stereocenters. The van der Waals surface area contributed by atoms with Gasteiger partial charge in [0, 0.05) is 29.2 Å². The number of aromatic nitrogens is 4. The molecule has 3 aromatic heterocycles. The van der Waals surface area contributed by atoms with Gasteiger partial charge in [-0.15, -0.1) is 5.11 Å². The van der Waals surface area contributed by atoms with Crippen molar-refractivity contribution in [2.45, 2.75) is 22.1 Å². The van der Waals surface area contributed by atoms with E-state index in [0.717, 1.165) is 16.9 Å². The average molecular weight is 528 g/mol. The summed E-state index contributed by atoms with van der Waals surface area (Å²) in [7, 11) is 45.3. The zero-order chi connectivity index (χ0) is 30.3. The lowest BCUT2D eigenvalue weighted by molar-refractivity contribution is 0.146. The highest BCUT2D eigenvalue weighted by molar-refractivity contribution is 6.67. The molecule has 0 bridgehead atoms. The number of aliphatic imine (C=N–C) groups is 1. The van der Waals surface area contributed by atoms with Crippen molar-refractivity contribution in [3.05, 3.63) is 70.3 Å². The van der Waals surface area contributed by atoms with Crippen molar-refractivity contribution in [2.24, 2.45) is 4.99 Å². The van der Waals surface area contributed by atoms with Gasteiger partial charge in [-0.2, -0.15) is 9.78 Å². The number of rotatable bonds is 8. The van der Waals surface area contributed by atoms with Crippen molar-refractivity contribution in [1.82, 2.24) is 19.7 Å². The summed E-state index contributed by atoms with van der Waals surface area (Å²) in [6, 6.07) is 9.86. The second kappa shape index (κ2) is 10.9. The Morgan fingerprint density at radius 1 is 1.00 bits per heavy atom. The molecule has 1 aromatic carbocycles. The van der Waals surface area contributed by atoms with Crippen LogP contribution < -0.4 is 16.6 Å². The number of nitrogens with two attached hydrogens (primary N) is 1. The standard InChI is InChI=1S/C23H13B8F2N7O/c24-21(25,26)22(27,28)38-16-6-5-14-18(37-16)17(10-1-4-15(19(32)33)35-8-10)20(41)40(39-14)12-2-3-13(34)11(7-12)9-36-23(29,30)31/h1-9,19H,34H2,(H,37,38). The van der Waals surface area contributed by atoms with Gasteiger partial charge in [0.05, 0.1) is 74.0 Å². The first-order valence-corrected chi connectivity index (χ1v) is 11.7. The van der Waals surface area contributed by atoms with Crippen LogP contribution in [-0.2, 0) is 0 Å². The molecule has 0 saturated carbocycles. The van der Waals surface area contributed by atoms with Crippen LogP contribution in [0.1, 0.15) is 17.7 Å². The number of benzene rings is 1. The Morgan fingerprint density at radius 2 is 1.71 bits per heavy atom. The molecule has 0 fully saturated rings. The fourth-order valence-electron chi connectivity index (χ4n) is 3.57. The molecule has 0 aliphatic rings. The Balaban J connectivity index is 1.96. The molecule has 0 amide bonds. The van der Waals surface area contributed by atoms with Crippen LogP contribution in [0.25, 0.3) is 27.8 Å². The molecule has 3 N–H and O–H groups in total. The van der Waals surface area contributed by atoms with Crippen molar-refractivity contribution in [1.29, 1.82) is 0 Å². The van der Waals surface area contributed by atoms with E-state index in [-0.39, 0.29) is 39.4 Å². The second-order valence-electron chi connectivity index (χ2n) is 9.31. The average Bonchev–Trinajstić information content (AvgIpc) is 2.87. The number of nitrogen functional groups attached to an aromatic ring is 1. The minimum Gasteiger partial charge on any atom is -0.398 e. The van der Waals surface area contributed by atoms with E-state index < -0.39 is 33.4 Å². The Hall–Kier alpha value is -3.69. The molecule has 0 unspecified atom stereocenters. The van der Waals surface area contributed by atoms with Crippen molar-refractivity contribution in [2.75, 3.05) is 11.1 Å². The number of halogens is 2. The summed E-state index contributed by atoms with van der Waals surface area (Å²) in [5.41, 5.74) is 6.11. The molecule has 0 saturated heterocycles. The predicted octanol–water partition coefficient (Wildman–Crippen LogP) is -0.120. The maximum absolute atomic E-state index is 13.9. The van der Waals surface area contributed by atoms with Gasteiger partial charge in [0.15, 0.2) is 0 Å². The van der Waals surface area contributed by atoms with E-state index in [2.05, 4.69) is 25.4 Å². The largest absolute Gasteiger partial charge is 0.398 e. The molecule has 41 heavy (non-hydrogen) atoms. The first kappa shape index (κ1) is 30.3. The van der Waals surface area contributed by atoms with E-state index in [0.29, 0.717) is 5.56 Å². The molecule has 8 nitrogen and oxygen atoms in total. The van der Waals surface area contributed by atoms with Gasteiger partial charge in [0.25, 0.3) is 12.0 Å². The quantitative estimate of drug-likeness (QED) is 0.188. The summed E-state index contributed by atoms with van der Waals surface area (Å²) in [5.74, 6) is 0.0328. The lowest BCUT2D eigenvalue weighted by atomic mass is 9.26. The Labute approximate surface area is 245 Å². The monoisotopic (exact) mass is 529 g/mol. The first-order valence-electron chi connectivity index (χ1n) is 11.7. The third-order valence-electron chi connectivity index (χ3n) is 5.82. The summed E-state index contributed by atoms with van der Waals surface area (Å²) < 4.78 is 27.4. The molecule has 3 heterocycles. The van der Waals surface area contributed by atoms with Crippen molar-refractivity contribution < 1.29 is 8.78 Å². The van der Waals surface area contributed by atoms with E-state index in [1.54, 1.807) is 0 Å². The number of hydrogen-bond acceptors (Lipinski definition) is 7. The van der Waals surface area contributed by atoms with Crippen LogP contribution in [0.2, 0.25) is 5.11 Å². The molecule has 4 rings (SSSR count). The fourth-order valence-corrected chi connectivity index (χ4v) is 3.57. The molecule has 18 heteroatoms. The van der Waals surface area contributed by atoms with E-state index in [1.165, 1.54) is 42.6 Å². The number of fused-ring (bicyclic) bond motifs is 1. The lowest BCUT2D eigenvalue weighted by Crippen LogP contribution is -2.52. The highest BCUT2D eigenvalue weighted by Gasteiger charge is 2.30. The molecular formula is C23H13B8F2N7O. The van der Waals surface area contributed by atoms with Gasteiger partial charge in [-0.05, 0) is 41.6 Å². The third kappa shape index (κ3) is 6.63. The molecule has 0 spiro atoms. The van der Waals surface area contributed by atoms with Crippen LogP contribution in [0, 0.1) is 0 Å². The Kier molecular flexibility index (Phi) is 8.08. The van der Waals surface area contributed by atoms with Gasteiger partial charge >= 0.3 is 0 Å². The van der Waals surface area contributed by atoms with Gasteiger partial charge in [-0.1, -0.05) is 11.4 Å². The van der Waals surface area contributed by atoms with Crippen LogP contribution >= 0.6 is 0 Å². The molecule has 16 radical (unpaired) electrons. The maximum Gasteiger partial charge on any atom is 0.281 e. The van der Waals surface area contributed by atoms with Gasteiger partial charge < -0.3 is 16.0 Å². The highest BCUT2D eigenvalue weighted by atomic mass is 19.3. The number of nitrogens with one attached hydrogen (secondary N) is 1. The summed E-state index contributed by atoms with van der Waals surface area (Å²) >= 11 is 0. The van der Waals surface area contributed by atoms with E-state index in [1.807, 2.05) is 0 Å². The first-order chi connectivity index (χ1) is 19.0. The third-order valence-corrected chi connectivity index (χ3v) is 5.82. The van der Waals surface area contributed by atoms with Crippen LogP contribution in [0.3, 0.4) is 0 Å². The van der Waals surface area contributed by atoms with E-state index >= 15 is 0 Å². The smallest absolute Gasteiger partial charge is 0.281 e. The summed E-state index contributed by atoms with van der Waals surface area (Å²) in [6.45, 7) is 0. The van der Waals surface area contributed by atoms with Crippen molar-refractivity contribution >= 4 is 91.5 Å². The lowest BCUT2D eigenvalue weighted by Gasteiger charge is -2.43. The maximum atomic E-state index is 13.9. The number of nitrogens with zero attached hydrogens (tertiary/aromatic N) is 5. The molecule has 0 aliphatic carbocycles. The zero-order valence-electron chi connectivity index (χ0n) is 21.4. The second-order valence-corrected chi connectivity index (χ2v) is 9.31. The van der Waals surface area contributed by atoms with Gasteiger partial charge in [-0.3, -0.25) is 9.78 Å². The molecule has 4 aromatic rings. The Bertz CT molecular complexity index is 1690. The predicted molar refractivity (Wildman–Crippen MR) is 163 cm³/mol. The van der Waals surface area contributed by atoms with Crippen molar-refractivity contribution in [3.63, 3.8) is 0 Å². The van der Waals surface area contributed by atoms with Crippen molar-refractivity contribution in [3.8, 4) is 16.8 Å². The van der Waals surface area contributed by atoms with Crippen LogP contribution in [0.4, 0.5) is 20.3 Å². The fraction of sp³-hybridized carbons (Fsp3) is 0.174. The summed E-state index contributed by atoms with van der Waals surface area (Å²) in [5, 5.41) is 1.07. The van der Waals surface area contributed by atoms with Crippen LogP contribution in [0.15, 0.2) is 58.4 Å². The summed E-state index contributed by atoms with van der Waals surface area (Å²) in [4.78, 5) is 25.9. The van der Waals surface area contributed by atoms with Gasteiger partial charge in [0.1, 0.15) is 22.5 Å². The molecule has 0 aliphatic heterocycles. The normalized spacial score (nSPS) is 12.8. The number of anilines is 2. The van der Waals surface area contributed by atoms with Gasteiger partial charge in [-0.25, -0.2) is 13.8 Å². The molecular weight excluding hydrogens is 515 g/mol. The topological polar surface area (TPSA) is 111 Å². The van der Waals surface area contributed by atoms with E-state index in [9.17, 15) is 13.6 Å². The number of pyridine rings is 2. The zero-order valence-corrected chi connectivity index (χ0v) is 21.4. The minimum atomic E-state index is -2.82. The SMILES string of the molecule is [B]C([B])([B])N=Cc1cc(-n2nc3ccc(NC([B])([B])C([B])([B])[B])nc3c(-c3ccc(C(F)F)nc3)c2=O)ccc1N. The van der Waals surface area contributed by atoms with E-state index in [4.69, 9.17) is 68.5 Å².